The fraction of sp³-hybridized carbons (Fsp3) is 0.0952. The van der Waals surface area contributed by atoms with E-state index in [-0.39, 0.29) is 6.04 Å². The highest BCUT2D eigenvalue weighted by Crippen LogP contribution is 2.33. The van der Waals surface area contributed by atoms with Gasteiger partial charge in [0.25, 0.3) is 0 Å². The van der Waals surface area contributed by atoms with Crippen LogP contribution in [0.5, 0.6) is 0 Å². The number of rotatable bonds is 4. The van der Waals surface area contributed by atoms with Crippen molar-refractivity contribution in [3.05, 3.63) is 83.6 Å². The Bertz CT molecular complexity index is 1320. The smallest absolute Gasteiger partial charge is 0.175 e. The quantitative estimate of drug-likeness (QED) is 0.525. The monoisotopic (exact) mass is 422 g/mol. The van der Waals surface area contributed by atoms with Crippen LogP contribution in [-0.2, 0) is 9.84 Å². The first-order valence-corrected chi connectivity index (χ1v) is 11.8. The van der Waals surface area contributed by atoms with Gasteiger partial charge in [0.05, 0.1) is 27.7 Å². The number of fused-ring (bicyclic) bond motifs is 1. The van der Waals surface area contributed by atoms with Crippen molar-refractivity contribution in [2.24, 2.45) is 0 Å². The largest absolute Gasteiger partial charge is 0.328 e. The van der Waals surface area contributed by atoms with Crippen LogP contribution in [0.4, 0.5) is 0 Å². The van der Waals surface area contributed by atoms with Crippen LogP contribution in [0.1, 0.15) is 17.2 Å². The summed E-state index contributed by atoms with van der Waals surface area (Å²) in [5, 5.41) is 2.06. The van der Waals surface area contributed by atoms with Crippen molar-refractivity contribution in [3.63, 3.8) is 0 Å². The normalized spacial score (nSPS) is 16.7. The summed E-state index contributed by atoms with van der Waals surface area (Å²) in [4.78, 5) is 6.00. The maximum Gasteiger partial charge on any atom is 0.175 e. The average molecular weight is 423 g/mol. The molecular formula is C21H18N4O2S2. The molecule has 1 atom stereocenters. The number of nitrogens with one attached hydrogen (secondary N) is 2. The van der Waals surface area contributed by atoms with Crippen LogP contribution in [0.3, 0.4) is 0 Å². The lowest BCUT2D eigenvalue weighted by atomic mass is 9.96. The summed E-state index contributed by atoms with van der Waals surface area (Å²) in [7, 11) is -3.21. The molecule has 0 radical (unpaired) electrons. The minimum Gasteiger partial charge on any atom is -0.328 e. The Balaban J connectivity index is 1.53. The van der Waals surface area contributed by atoms with Crippen molar-refractivity contribution in [1.29, 1.82) is 0 Å². The topological polar surface area (TPSA) is 75.5 Å². The van der Waals surface area contributed by atoms with Gasteiger partial charge in [0.2, 0.25) is 0 Å². The van der Waals surface area contributed by atoms with Gasteiger partial charge in [-0.2, -0.15) is 0 Å². The molecule has 4 heterocycles. The third-order valence-corrected chi connectivity index (χ3v) is 7.04. The maximum absolute atomic E-state index is 11.7. The fourth-order valence-electron chi connectivity index (χ4n) is 3.54. The number of pyridine rings is 1. The van der Waals surface area contributed by atoms with Gasteiger partial charge in [-0.1, -0.05) is 18.2 Å². The van der Waals surface area contributed by atoms with Crippen molar-refractivity contribution in [1.82, 2.24) is 20.2 Å². The van der Waals surface area contributed by atoms with Crippen LogP contribution in [0.25, 0.3) is 21.8 Å². The molecule has 0 saturated heterocycles. The molecule has 5 rings (SSSR count). The summed E-state index contributed by atoms with van der Waals surface area (Å²) in [6, 6.07) is 15.1. The number of hydrogen-bond acceptors (Lipinski definition) is 6. The first-order valence-electron chi connectivity index (χ1n) is 9.03. The minimum absolute atomic E-state index is 0.0882. The molecule has 29 heavy (non-hydrogen) atoms. The predicted molar refractivity (Wildman–Crippen MR) is 115 cm³/mol. The minimum atomic E-state index is -3.21. The van der Waals surface area contributed by atoms with E-state index in [4.69, 9.17) is 0 Å². The lowest BCUT2D eigenvalue weighted by molar-refractivity contribution is 0.601. The standard InChI is InChI=1S/C21H18N4O2S2/c1-29(26,27)16-7-4-14(5-8-16)21-17(11-23-24-21)15-6-9-20-22-12-18(25(20)13-15)19-3-2-10-28-19/h2-13,21,23-24H,1H3. The third kappa shape index (κ3) is 3.25. The van der Waals surface area contributed by atoms with Crippen molar-refractivity contribution in [2.45, 2.75) is 10.9 Å². The molecule has 0 spiro atoms. The van der Waals surface area contributed by atoms with Gasteiger partial charge in [-0.15, -0.1) is 11.3 Å². The number of hydrogen-bond donors (Lipinski definition) is 2. The Morgan fingerprint density at radius 2 is 1.93 bits per heavy atom. The first kappa shape index (κ1) is 18.1. The molecular weight excluding hydrogens is 404 g/mol. The Morgan fingerprint density at radius 1 is 1.10 bits per heavy atom. The van der Waals surface area contributed by atoms with Gasteiger partial charge in [-0.25, -0.2) is 18.8 Å². The van der Waals surface area contributed by atoms with Gasteiger partial charge < -0.3 is 5.43 Å². The second-order valence-corrected chi connectivity index (χ2v) is 9.89. The molecule has 4 aromatic rings. The van der Waals surface area contributed by atoms with E-state index in [1.165, 1.54) is 11.1 Å². The number of imidazole rings is 1. The van der Waals surface area contributed by atoms with Crippen molar-refractivity contribution < 1.29 is 8.42 Å². The van der Waals surface area contributed by atoms with Crippen LogP contribution in [0.15, 0.2) is 77.4 Å². The molecule has 1 aliphatic heterocycles. The van der Waals surface area contributed by atoms with Gasteiger partial charge in [0.15, 0.2) is 9.84 Å². The number of hydrazine groups is 1. The van der Waals surface area contributed by atoms with E-state index in [1.54, 1.807) is 23.5 Å². The second-order valence-electron chi connectivity index (χ2n) is 6.93. The number of nitrogens with zero attached hydrogens (tertiary/aromatic N) is 2. The lowest BCUT2D eigenvalue weighted by Crippen LogP contribution is -2.25. The van der Waals surface area contributed by atoms with E-state index in [1.807, 2.05) is 36.7 Å². The van der Waals surface area contributed by atoms with Crippen LogP contribution in [0.2, 0.25) is 0 Å². The highest BCUT2D eigenvalue weighted by Gasteiger charge is 2.23. The van der Waals surface area contributed by atoms with Gasteiger partial charge in [-0.05, 0) is 46.8 Å². The van der Waals surface area contributed by atoms with Crippen LogP contribution in [-0.4, -0.2) is 24.1 Å². The van der Waals surface area contributed by atoms with Crippen molar-refractivity contribution in [3.8, 4) is 10.6 Å². The third-order valence-electron chi connectivity index (χ3n) is 5.02. The summed E-state index contributed by atoms with van der Waals surface area (Å²) < 4.78 is 25.6. The zero-order valence-corrected chi connectivity index (χ0v) is 17.2. The summed E-state index contributed by atoms with van der Waals surface area (Å²) >= 11 is 1.69. The zero-order valence-electron chi connectivity index (χ0n) is 15.5. The van der Waals surface area contributed by atoms with Gasteiger partial charge >= 0.3 is 0 Å². The Morgan fingerprint density at radius 3 is 2.66 bits per heavy atom. The van der Waals surface area contributed by atoms with Crippen LogP contribution in [0, 0.1) is 0 Å². The Kier molecular flexibility index (Phi) is 4.27. The SMILES string of the molecule is CS(=O)(=O)c1ccc(C2NNC=C2c2ccc3ncc(-c4cccs4)n3c2)cc1. The van der Waals surface area contributed by atoms with E-state index < -0.39 is 9.84 Å². The van der Waals surface area contributed by atoms with Crippen molar-refractivity contribution in [2.75, 3.05) is 6.26 Å². The molecule has 0 saturated carbocycles. The molecule has 1 aliphatic rings. The molecule has 0 amide bonds. The van der Waals surface area contributed by atoms with E-state index in [2.05, 4.69) is 43.9 Å². The summed E-state index contributed by atoms with van der Waals surface area (Å²) in [6.45, 7) is 0. The molecule has 0 bridgehead atoms. The van der Waals surface area contributed by atoms with Gasteiger partial charge in [0.1, 0.15) is 5.65 Å². The first-order chi connectivity index (χ1) is 14.0. The van der Waals surface area contributed by atoms with E-state index >= 15 is 0 Å². The van der Waals surface area contributed by atoms with E-state index in [0.717, 1.165) is 28.0 Å². The molecule has 3 aromatic heterocycles. The van der Waals surface area contributed by atoms with E-state index in [9.17, 15) is 8.42 Å². The van der Waals surface area contributed by atoms with Gasteiger partial charge in [0, 0.05) is 24.2 Å². The summed E-state index contributed by atoms with van der Waals surface area (Å²) in [5.74, 6) is 0. The summed E-state index contributed by atoms with van der Waals surface area (Å²) in [5.41, 5.74) is 11.4. The van der Waals surface area contributed by atoms with Crippen LogP contribution < -0.4 is 10.9 Å². The molecule has 1 aromatic carbocycles. The molecule has 0 fully saturated rings. The van der Waals surface area contributed by atoms with Crippen molar-refractivity contribution >= 4 is 32.4 Å². The highest BCUT2D eigenvalue weighted by molar-refractivity contribution is 7.90. The Labute approximate surface area is 172 Å². The molecule has 8 heteroatoms. The molecule has 146 valence electrons. The fourth-order valence-corrected chi connectivity index (χ4v) is 4.91. The molecule has 6 nitrogen and oxygen atoms in total. The Hall–Kier alpha value is -2.94. The summed E-state index contributed by atoms with van der Waals surface area (Å²) in [6.07, 6.45) is 7.15. The predicted octanol–water partition coefficient (Wildman–Crippen LogP) is 3.66. The number of benzene rings is 1. The second kappa shape index (κ2) is 6.84. The number of aromatic nitrogens is 2. The maximum atomic E-state index is 11.7. The molecule has 1 unspecified atom stereocenters. The van der Waals surface area contributed by atoms with Crippen LogP contribution >= 0.6 is 11.3 Å². The number of sulfone groups is 1. The zero-order chi connectivity index (χ0) is 20.0. The average Bonchev–Trinajstić information content (AvgIpc) is 3.46. The van der Waals surface area contributed by atoms with Gasteiger partial charge in [-0.3, -0.25) is 4.40 Å². The molecule has 2 N–H and O–H groups in total. The lowest BCUT2D eigenvalue weighted by Gasteiger charge is -2.16. The highest BCUT2D eigenvalue weighted by atomic mass is 32.2. The molecule has 0 aliphatic carbocycles. The van der Waals surface area contributed by atoms with E-state index in [0.29, 0.717) is 4.90 Å². The number of thiophene rings is 1.